The summed E-state index contributed by atoms with van der Waals surface area (Å²) >= 11 is 1.58. The Kier molecular flexibility index (Phi) is 11.6. The molecular weight excluding hydrogens is 499 g/mol. The van der Waals surface area contributed by atoms with Crippen LogP contribution < -0.4 is 15.4 Å². The molecule has 0 fully saturated rings. The third-order valence-electron chi connectivity index (χ3n) is 4.21. The molecule has 0 saturated heterocycles. The van der Waals surface area contributed by atoms with E-state index in [1.54, 1.807) is 18.3 Å². The van der Waals surface area contributed by atoms with Gasteiger partial charge in [-0.2, -0.15) is 11.3 Å². The van der Waals surface area contributed by atoms with E-state index in [4.69, 9.17) is 4.74 Å². The fourth-order valence-electron chi connectivity index (χ4n) is 2.52. The number of rotatable bonds is 10. The normalized spacial score (nSPS) is 13.5. The van der Waals surface area contributed by atoms with Crippen molar-refractivity contribution in [2.45, 2.75) is 26.0 Å². The average Bonchev–Trinajstić information content (AvgIpc) is 3.20. The van der Waals surface area contributed by atoms with Crippen LogP contribution in [0.2, 0.25) is 0 Å². The molecule has 0 aliphatic carbocycles. The third-order valence-corrected chi connectivity index (χ3v) is 4.90. The summed E-state index contributed by atoms with van der Waals surface area (Å²) in [5.74, 6) is 1.53. The summed E-state index contributed by atoms with van der Waals surface area (Å²) in [6.45, 7) is 7.01. The number of likely N-dealkylation sites (N-methyl/N-ethyl adjacent to an activating group) is 1. The van der Waals surface area contributed by atoms with Crippen molar-refractivity contribution in [3.05, 3.63) is 52.2 Å². The van der Waals surface area contributed by atoms with Gasteiger partial charge in [-0.3, -0.25) is 0 Å². The van der Waals surface area contributed by atoms with Crippen LogP contribution in [0.5, 0.6) is 5.75 Å². The van der Waals surface area contributed by atoms with Crippen LogP contribution in [0.4, 0.5) is 0 Å². The molecule has 0 radical (unpaired) electrons. The number of guanidine groups is 1. The standard InChI is InChI=1S/C21H32N4O2S.HI/c1-5-22-20(24-16-21(2,26)18-9-12-28-15-18)23-14-17-7-6-8-19(13-17)27-11-10-25(3)4;/h6-9,12-13,15,26H,5,10-11,14,16H2,1-4H3,(H2,22,23,24);1H. The first-order valence-corrected chi connectivity index (χ1v) is 10.5. The number of hydrogen-bond acceptors (Lipinski definition) is 5. The first-order chi connectivity index (χ1) is 13.4. The van der Waals surface area contributed by atoms with Crippen LogP contribution >= 0.6 is 35.3 Å². The summed E-state index contributed by atoms with van der Waals surface area (Å²) in [7, 11) is 4.05. The lowest BCUT2D eigenvalue weighted by Crippen LogP contribution is -2.44. The Hall–Kier alpha value is -1.36. The highest BCUT2D eigenvalue weighted by Crippen LogP contribution is 2.22. The molecular formula is C21H33IN4O2S. The van der Waals surface area contributed by atoms with Gasteiger partial charge in [-0.25, -0.2) is 4.99 Å². The van der Waals surface area contributed by atoms with Crippen molar-refractivity contribution in [1.29, 1.82) is 0 Å². The fraction of sp³-hybridized carbons (Fsp3) is 0.476. The molecule has 0 aliphatic heterocycles. The lowest BCUT2D eigenvalue weighted by atomic mass is 9.99. The van der Waals surface area contributed by atoms with Crippen molar-refractivity contribution >= 4 is 41.3 Å². The number of aliphatic hydroxyl groups is 1. The van der Waals surface area contributed by atoms with Crippen LogP contribution in [0.25, 0.3) is 0 Å². The van der Waals surface area contributed by atoms with Gasteiger partial charge in [0.15, 0.2) is 5.96 Å². The van der Waals surface area contributed by atoms with Gasteiger partial charge in [0, 0.05) is 13.1 Å². The maximum absolute atomic E-state index is 10.7. The van der Waals surface area contributed by atoms with E-state index in [0.29, 0.717) is 25.7 Å². The summed E-state index contributed by atoms with van der Waals surface area (Å²) in [5, 5.41) is 21.1. The van der Waals surface area contributed by atoms with Crippen LogP contribution in [0.1, 0.15) is 25.0 Å². The van der Waals surface area contributed by atoms with Crippen LogP contribution in [0, 0.1) is 0 Å². The van der Waals surface area contributed by atoms with Crippen LogP contribution in [0.3, 0.4) is 0 Å². The molecule has 1 aromatic heterocycles. The maximum atomic E-state index is 10.7. The molecule has 1 aromatic carbocycles. The highest BCUT2D eigenvalue weighted by molar-refractivity contribution is 14.0. The zero-order chi connectivity index (χ0) is 20.4. The molecule has 29 heavy (non-hydrogen) atoms. The topological polar surface area (TPSA) is 69.1 Å². The number of aliphatic imine (C=N–C) groups is 1. The molecule has 0 aliphatic rings. The number of halogens is 1. The van der Waals surface area contributed by atoms with Gasteiger partial charge in [0.2, 0.25) is 0 Å². The Morgan fingerprint density at radius 2 is 2.07 bits per heavy atom. The molecule has 0 saturated carbocycles. The van der Waals surface area contributed by atoms with Gasteiger partial charge in [-0.1, -0.05) is 12.1 Å². The molecule has 1 atom stereocenters. The summed E-state index contributed by atoms with van der Waals surface area (Å²) in [5.41, 5.74) is 1.03. The number of nitrogens with one attached hydrogen (secondary N) is 2. The van der Waals surface area contributed by atoms with Gasteiger partial charge in [-0.15, -0.1) is 24.0 Å². The van der Waals surface area contributed by atoms with E-state index in [2.05, 4.69) is 20.5 Å². The predicted molar refractivity (Wildman–Crippen MR) is 133 cm³/mol. The molecule has 2 rings (SSSR count). The Morgan fingerprint density at radius 1 is 1.28 bits per heavy atom. The SMILES string of the molecule is CCNC(=NCc1cccc(OCCN(C)C)c1)NCC(C)(O)c1ccsc1.I. The minimum Gasteiger partial charge on any atom is -0.492 e. The highest BCUT2D eigenvalue weighted by Gasteiger charge is 2.23. The van der Waals surface area contributed by atoms with Crippen LogP contribution in [0.15, 0.2) is 46.1 Å². The minimum atomic E-state index is -0.948. The van der Waals surface area contributed by atoms with Crippen molar-refractivity contribution in [2.24, 2.45) is 4.99 Å². The van der Waals surface area contributed by atoms with Crippen LogP contribution in [-0.2, 0) is 12.1 Å². The second-order valence-corrected chi connectivity index (χ2v) is 7.91. The first kappa shape index (κ1) is 25.7. The lowest BCUT2D eigenvalue weighted by molar-refractivity contribution is 0.0621. The summed E-state index contributed by atoms with van der Waals surface area (Å²) in [6, 6.07) is 9.94. The molecule has 3 N–H and O–H groups in total. The van der Waals surface area contributed by atoms with E-state index < -0.39 is 5.60 Å². The molecule has 1 unspecified atom stereocenters. The van der Waals surface area contributed by atoms with E-state index in [0.717, 1.165) is 30.0 Å². The quantitative estimate of drug-likeness (QED) is 0.249. The molecule has 8 heteroatoms. The molecule has 1 heterocycles. The number of ether oxygens (including phenoxy) is 1. The smallest absolute Gasteiger partial charge is 0.191 e. The van der Waals surface area contributed by atoms with Gasteiger partial charge >= 0.3 is 0 Å². The number of thiophene rings is 1. The molecule has 0 spiro atoms. The fourth-order valence-corrected chi connectivity index (χ4v) is 3.30. The molecule has 162 valence electrons. The number of hydrogen-bond donors (Lipinski definition) is 3. The lowest BCUT2D eigenvalue weighted by Gasteiger charge is -2.24. The van der Waals surface area contributed by atoms with Crippen LogP contribution in [-0.4, -0.2) is 56.3 Å². The highest BCUT2D eigenvalue weighted by atomic mass is 127. The van der Waals surface area contributed by atoms with Gasteiger partial charge in [-0.05, 0) is 68.0 Å². The number of nitrogens with zero attached hydrogens (tertiary/aromatic N) is 2. The zero-order valence-electron chi connectivity index (χ0n) is 17.6. The van der Waals surface area contributed by atoms with Crippen molar-refractivity contribution in [1.82, 2.24) is 15.5 Å². The van der Waals surface area contributed by atoms with Gasteiger partial charge in [0.25, 0.3) is 0 Å². The Bertz CT molecular complexity index is 736. The third kappa shape index (κ3) is 9.33. The van der Waals surface area contributed by atoms with E-state index in [1.165, 1.54) is 0 Å². The van der Waals surface area contributed by atoms with Crippen molar-refractivity contribution in [3.63, 3.8) is 0 Å². The second kappa shape index (κ2) is 13.0. The first-order valence-electron chi connectivity index (χ1n) is 9.54. The summed E-state index contributed by atoms with van der Waals surface area (Å²) < 4.78 is 5.79. The predicted octanol–water partition coefficient (Wildman–Crippen LogP) is 3.27. The van der Waals surface area contributed by atoms with Gasteiger partial charge in [0.05, 0.1) is 13.1 Å². The largest absolute Gasteiger partial charge is 0.492 e. The van der Waals surface area contributed by atoms with E-state index >= 15 is 0 Å². The van der Waals surface area contributed by atoms with Gasteiger partial charge in [0.1, 0.15) is 18.0 Å². The Labute approximate surface area is 195 Å². The Morgan fingerprint density at radius 3 is 2.72 bits per heavy atom. The maximum Gasteiger partial charge on any atom is 0.191 e. The van der Waals surface area contributed by atoms with E-state index in [9.17, 15) is 5.11 Å². The molecule has 2 aromatic rings. The Balaban J connectivity index is 0.00000420. The monoisotopic (exact) mass is 532 g/mol. The minimum absolute atomic E-state index is 0. The molecule has 0 bridgehead atoms. The zero-order valence-corrected chi connectivity index (χ0v) is 20.8. The van der Waals surface area contributed by atoms with Crippen molar-refractivity contribution in [2.75, 3.05) is 40.3 Å². The number of benzene rings is 1. The van der Waals surface area contributed by atoms with Gasteiger partial charge < -0.3 is 25.4 Å². The molecule has 6 nitrogen and oxygen atoms in total. The van der Waals surface area contributed by atoms with E-state index in [1.807, 2.05) is 62.1 Å². The van der Waals surface area contributed by atoms with E-state index in [-0.39, 0.29) is 24.0 Å². The summed E-state index contributed by atoms with van der Waals surface area (Å²) in [4.78, 5) is 6.73. The summed E-state index contributed by atoms with van der Waals surface area (Å²) in [6.07, 6.45) is 0. The second-order valence-electron chi connectivity index (χ2n) is 7.13. The van der Waals surface area contributed by atoms with Crippen molar-refractivity contribution < 1.29 is 9.84 Å². The van der Waals surface area contributed by atoms with Crippen molar-refractivity contribution in [3.8, 4) is 5.75 Å². The molecule has 0 amide bonds. The average molecular weight is 532 g/mol.